The van der Waals surface area contributed by atoms with Gasteiger partial charge in [0.2, 0.25) is 0 Å². The molecular formula is C15H13NO2. The summed E-state index contributed by atoms with van der Waals surface area (Å²) in [6.07, 6.45) is 0. The molecule has 0 radical (unpaired) electrons. The van der Waals surface area contributed by atoms with Crippen molar-refractivity contribution in [2.75, 3.05) is 11.9 Å². The standard InChI is InChI=1S/C15H13NO2/c1-10(17)9-16-11-6-7-15-13(8-11)12-4-2-3-5-14(12)18-15/h2-8,16H,9H2,1H3. The van der Waals surface area contributed by atoms with Crippen molar-refractivity contribution < 1.29 is 9.21 Å². The number of rotatable bonds is 3. The third kappa shape index (κ3) is 1.84. The minimum atomic E-state index is 0.118. The molecule has 0 saturated heterocycles. The van der Waals surface area contributed by atoms with Crippen molar-refractivity contribution in [1.29, 1.82) is 0 Å². The van der Waals surface area contributed by atoms with Gasteiger partial charge in [-0.25, -0.2) is 0 Å². The van der Waals surface area contributed by atoms with Crippen LogP contribution in [0.3, 0.4) is 0 Å². The zero-order valence-corrected chi connectivity index (χ0v) is 10.1. The van der Waals surface area contributed by atoms with E-state index in [0.717, 1.165) is 27.6 Å². The maximum atomic E-state index is 11.0. The number of fused-ring (bicyclic) bond motifs is 3. The Morgan fingerprint density at radius 3 is 2.72 bits per heavy atom. The van der Waals surface area contributed by atoms with Crippen LogP contribution in [0.4, 0.5) is 5.69 Å². The zero-order valence-electron chi connectivity index (χ0n) is 10.1. The van der Waals surface area contributed by atoms with Crippen LogP contribution >= 0.6 is 0 Å². The third-order valence-electron chi connectivity index (χ3n) is 2.92. The van der Waals surface area contributed by atoms with Gasteiger partial charge in [0.25, 0.3) is 0 Å². The number of carbonyl (C=O) groups excluding carboxylic acids is 1. The van der Waals surface area contributed by atoms with E-state index in [1.54, 1.807) is 6.92 Å². The number of Topliss-reactive ketones (excluding diaryl/α,β-unsaturated/α-hetero) is 1. The van der Waals surface area contributed by atoms with Gasteiger partial charge in [0.05, 0.1) is 6.54 Å². The van der Waals surface area contributed by atoms with Crippen molar-refractivity contribution >= 4 is 33.4 Å². The van der Waals surface area contributed by atoms with Gasteiger partial charge in [-0.05, 0) is 31.2 Å². The van der Waals surface area contributed by atoms with E-state index in [9.17, 15) is 4.79 Å². The summed E-state index contributed by atoms with van der Waals surface area (Å²) < 4.78 is 5.74. The first-order valence-electron chi connectivity index (χ1n) is 5.88. The molecule has 0 fully saturated rings. The van der Waals surface area contributed by atoms with Gasteiger partial charge in [-0.2, -0.15) is 0 Å². The minimum Gasteiger partial charge on any atom is -0.456 e. The number of hydrogen-bond donors (Lipinski definition) is 1. The number of hydrogen-bond acceptors (Lipinski definition) is 3. The van der Waals surface area contributed by atoms with Crippen LogP contribution in [-0.2, 0) is 4.79 Å². The molecule has 3 aromatic rings. The Hall–Kier alpha value is -2.29. The predicted octanol–water partition coefficient (Wildman–Crippen LogP) is 3.59. The maximum absolute atomic E-state index is 11.0. The Labute approximate surface area is 104 Å². The summed E-state index contributed by atoms with van der Waals surface area (Å²) in [7, 11) is 0. The molecule has 1 heterocycles. The minimum absolute atomic E-state index is 0.118. The van der Waals surface area contributed by atoms with Crippen LogP contribution in [-0.4, -0.2) is 12.3 Å². The van der Waals surface area contributed by atoms with Gasteiger partial charge in [-0.3, -0.25) is 4.79 Å². The first kappa shape index (κ1) is 10.8. The number of anilines is 1. The molecule has 90 valence electrons. The highest BCUT2D eigenvalue weighted by Crippen LogP contribution is 2.30. The van der Waals surface area contributed by atoms with Gasteiger partial charge in [-0.1, -0.05) is 18.2 Å². The summed E-state index contributed by atoms with van der Waals surface area (Å²) in [6.45, 7) is 1.92. The van der Waals surface area contributed by atoms with Crippen LogP contribution < -0.4 is 5.32 Å². The summed E-state index contributed by atoms with van der Waals surface area (Å²) in [5, 5.41) is 5.26. The summed E-state index contributed by atoms with van der Waals surface area (Å²) in [5.74, 6) is 0.118. The monoisotopic (exact) mass is 239 g/mol. The Bertz CT molecular complexity index is 728. The van der Waals surface area contributed by atoms with E-state index in [1.165, 1.54) is 0 Å². The molecule has 0 unspecified atom stereocenters. The summed E-state index contributed by atoms with van der Waals surface area (Å²) in [5.41, 5.74) is 2.69. The molecular weight excluding hydrogens is 226 g/mol. The van der Waals surface area contributed by atoms with Gasteiger partial charge in [-0.15, -0.1) is 0 Å². The lowest BCUT2D eigenvalue weighted by atomic mass is 10.1. The zero-order chi connectivity index (χ0) is 12.5. The molecule has 0 spiro atoms. The lowest BCUT2D eigenvalue weighted by Crippen LogP contribution is -2.09. The van der Waals surface area contributed by atoms with Crippen molar-refractivity contribution in [2.45, 2.75) is 6.92 Å². The van der Waals surface area contributed by atoms with E-state index in [1.807, 2.05) is 42.5 Å². The fraction of sp³-hybridized carbons (Fsp3) is 0.133. The molecule has 2 aromatic carbocycles. The summed E-state index contributed by atoms with van der Waals surface area (Å²) in [4.78, 5) is 11.0. The highest BCUT2D eigenvalue weighted by Gasteiger charge is 2.06. The molecule has 0 aliphatic carbocycles. The van der Waals surface area contributed by atoms with Crippen LogP contribution in [0.5, 0.6) is 0 Å². The third-order valence-corrected chi connectivity index (χ3v) is 2.92. The van der Waals surface area contributed by atoms with Crippen LogP contribution in [0.1, 0.15) is 6.92 Å². The molecule has 1 N–H and O–H groups in total. The number of benzene rings is 2. The van der Waals surface area contributed by atoms with E-state index in [-0.39, 0.29) is 5.78 Å². The number of ketones is 1. The molecule has 0 bridgehead atoms. The van der Waals surface area contributed by atoms with Crippen molar-refractivity contribution in [3.63, 3.8) is 0 Å². The average molecular weight is 239 g/mol. The second kappa shape index (κ2) is 4.18. The number of para-hydroxylation sites is 1. The molecule has 3 nitrogen and oxygen atoms in total. The van der Waals surface area contributed by atoms with Crippen molar-refractivity contribution in [3.05, 3.63) is 42.5 Å². The van der Waals surface area contributed by atoms with Gasteiger partial charge in [0.1, 0.15) is 16.9 Å². The van der Waals surface area contributed by atoms with Gasteiger partial charge in [0, 0.05) is 16.5 Å². The van der Waals surface area contributed by atoms with E-state index in [4.69, 9.17) is 4.42 Å². The van der Waals surface area contributed by atoms with Crippen molar-refractivity contribution in [2.24, 2.45) is 0 Å². The fourth-order valence-corrected chi connectivity index (χ4v) is 2.06. The lowest BCUT2D eigenvalue weighted by molar-refractivity contribution is -0.115. The van der Waals surface area contributed by atoms with Crippen LogP contribution in [0, 0.1) is 0 Å². The molecule has 0 atom stereocenters. The molecule has 3 rings (SSSR count). The Morgan fingerprint density at radius 1 is 1.11 bits per heavy atom. The first-order valence-corrected chi connectivity index (χ1v) is 5.88. The quantitative estimate of drug-likeness (QED) is 0.759. The molecule has 0 aliphatic heterocycles. The van der Waals surface area contributed by atoms with E-state index < -0.39 is 0 Å². The molecule has 3 heteroatoms. The molecule has 0 saturated carbocycles. The normalized spacial score (nSPS) is 10.9. The van der Waals surface area contributed by atoms with E-state index >= 15 is 0 Å². The Balaban J connectivity index is 2.09. The number of furan rings is 1. The molecule has 0 amide bonds. The van der Waals surface area contributed by atoms with Gasteiger partial charge in [0.15, 0.2) is 0 Å². The summed E-state index contributed by atoms with van der Waals surface area (Å²) >= 11 is 0. The second-order valence-electron chi connectivity index (χ2n) is 4.36. The predicted molar refractivity (Wildman–Crippen MR) is 72.9 cm³/mol. The summed E-state index contributed by atoms with van der Waals surface area (Å²) in [6, 6.07) is 13.8. The largest absolute Gasteiger partial charge is 0.456 e. The van der Waals surface area contributed by atoms with Crippen LogP contribution in [0.25, 0.3) is 21.9 Å². The second-order valence-corrected chi connectivity index (χ2v) is 4.36. The number of carbonyl (C=O) groups is 1. The van der Waals surface area contributed by atoms with E-state index in [0.29, 0.717) is 6.54 Å². The van der Waals surface area contributed by atoms with Gasteiger partial charge < -0.3 is 9.73 Å². The van der Waals surface area contributed by atoms with E-state index in [2.05, 4.69) is 5.32 Å². The van der Waals surface area contributed by atoms with Crippen molar-refractivity contribution in [3.8, 4) is 0 Å². The maximum Gasteiger partial charge on any atom is 0.148 e. The Morgan fingerprint density at radius 2 is 1.89 bits per heavy atom. The van der Waals surface area contributed by atoms with Crippen molar-refractivity contribution in [1.82, 2.24) is 0 Å². The molecule has 0 aliphatic rings. The highest BCUT2D eigenvalue weighted by molar-refractivity contribution is 6.06. The molecule has 18 heavy (non-hydrogen) atoms. The molecule has 1 aromatic heterocycles. The Kier molecular flexibility index (Phi) is 2.52. The van der Waals surface area contributed by atoms with Gasteiger partial charge >= 0.3 is 0 Å². The number of nitrogens with one attached hydrogen (secondary N) is 1. The lowest BCUT2D eigenvalue weighted by Gasteiger charge is -2.03. The average Bonchev–Trinajstić information content (AvgIpc) is 2.74. The fourth-order valence-electron chi connectivity index (χ4n) is 2.06. The topological polar surface area (TPSA) is 42.2 Å². The van der Waals surface area contributed by atoms with Crippen LogP contribution in [0.2, 0.25) is 0 Å². The highest BCUT2D eigenvalue weighted by atomic mass is 16.3. The SMILES string of the molecule is CC(=O)CNc1ccc2oc3ccccc3c2c1. The first-order chi connectivity index (χ1) is 8.74. The van der Waals surface area contributed by atoms with Crippen LogP contribution in [0.15, 0.2) is 46.9 Å². The smallest absolute Gasteiger partial charge is 0.148 e.